The van der Waals surface area contributed by atoms with Gasteiger partial charge >= 0.3 is 0 Å². The molecule has 3 heterocycles. The second-order valence-corrected chi connectivity index (χ2v) is 8.64. The predicted octanol–water partition coefficient (Wildman–Crippen LogP) is 4.71. The fourth-order valence-electron chi connectivity index (χ4n) is 4.24. The van der Waals surface area contributed by atoms with Crippen molar-refractivity contribution in [1.82, 2.24) is 0 Å². The van der Waals surface area contributed by atoms with Gasteiger partial charge in [-0.3, -0.25) is 14.5 Å². The maximum atomic E-state index is 13.2. The summed E-state index contributed by atoms with van der Waals surface area (Å²) in [6.07, 6.45) is 1.73. The standard InChI is InChI=1S/C25H21NO5S/c1-30-18-7-2-6-17(14-18)26-22(20-8-4-12-32-20)21(24(28)25(26)29)23(27)16-9-10-19-15(13-16)5-3-11-31-19/h2,4,6-10,12-14,22,27H,3,5,11H2,1H3/b23-21-. The van der Waals surface area contributed by atoms with E-state index in [0.717, 1.165) is 29.0 Å². The normalized spacial score (nSPS) is 19.5. The molecule has 1 unspecified atom stereocenters. The van der Waals surface area contributed by atoms with Gasteiger partial charge in [-0.15, -0.1) is 11.3 Å². The van der Waals surface area contributed by atoms with Crippen LogP contribution in [0.5, 0.6) is 11.5 Å². The van der Waals surface area contributed by atoms with Crippen LogP contribution < -0.4 is 14.4 Å². The summed E-state index contributed by atoms with van der Waals surface area (Å²) in [5, 5.41) is 13.1. The third kappa shape index (κ3) is 3.35. The molecule has 6 nitrogen and oxygen atoms in total. The molecule has 0 aliphatic carbocycles. The number of fused-ring (bicyclic) bond motifs is 1. The topological polar surface area (TPSA) is 76.1 Å². The molecule has 0 spiro atoms. The number of methoxy groups -OCH3 is 1. The first-order valence-corrected chi connectivity index (χ1v) is 11.2. The zero-order valence-corrected chi connectivity index (χ0v) is 18.2. The average Bonchev–Trinajstić information content (AvgIpc) is 3.45. The first-order valence-electron chi connectivity index (χ1n) is 10.3. The molecule has 0 saturated carbocycles. The lowest BCUT2D eigenvalue weighted by Gasteiger charge is -2.24. The summed E-state index contributed by atoms with van der Waals surface area (Å²) in [6, 6.07) is 15.4. The quantitative estimate of drug-likeness (QED) is 0.356. The minimum Gasteiger partial charge on any atom is -0.507 e. The summed E-state index contributed by atoms with van der Waals surface area (Å²) in [5.74, 6) is -0.207. The maximum absolute atomic E-state index is 13.2. The number of carbonyl (C=O) groups excluding carboxylic acids is 2. The number of hydrogen-bond acceptors (Lipinski definition) is 6. The van der Waals surface area contributed by atoms with Crippen LogP contribution in [0.15, 0.2) is 65.6 Å². The first-order chi connectivity index (χ1) is 15.6. The molecular formula is C25H21NO5S. The summed E-state index contributed by atoms with van der Waals surface area (Å²) in [7, 11) is 1.55. The SMILES string of the molecule is COc1cccc(N2C(=O)C(=O)/C(=C(\O)c3ccc4c(c3)CCCO4)C2c2cccs2)c1. The third-order valence-electron chi connectivity index (χ3n) is 5.77. The molecule has 2 aliphatic rings. The molecule has 2 aliphatic heterocycles. The van der Waals surface area contributed by atoms with Gasteiger partial charge in [0.1, 0.15) is 23.3 Å². The van der Waals surface area contributed by atoms with E-state index in [1.807, 2.05) is 29.6 Å². The number of ketones is 1. The lowest BCUT2D eigenvalue weighted by atomic mass is 9.97. The van der Waals surface area contributed by atoms with Gasteiger partial charge in [-0.2, -0.15) is 0 Å². The fraction of sp³-hybridized carbons (Fsp3) is 0.200. The summed E-state index contributed by atoms with van der Waals surface area (Å²) in [5.41, 5.74) is 2.09. The molecule has 5 rings (SSSR count). The fourth-order valence-corrected chi connectivity index (χ4v) is 5.06. The number of ether oxygens (including phenoxy) is 2. The molecule has 1 aromatic heterocycles. The first kappa shape index (κ1) is 20.3. The van der Waals surface area contributed by atoms with E-state index in [2.05, 4.69) is 0 Å². The molecule has 1 fully saturated rings. The van der Waals surface area contributed by atoms with Crippen LogP contribution in [-0.4, -0.2) is 30.5 Å². The number of thiophene rings is 1. The molecular weight excluding hydrogens is 426 g/mol. The number of anilines is 1. The Morgan fingerprint density at radius 2 is 2.03 bits per heavy atom. The molecule has 1 saturated heterocycles. The van der Waals surface area contributed by atoms with E-state index in [1.54, 1.807) is 37.4 Å². The second-order valence-electron chi connectivity index (χ2n) is 7.66. The van der Waals surface area contributed by atoms with Gasteiger partial charge in [-0.1, -0.05) is 12.1 Å². The van der Waals surface area contributed by atoms with Crippen molar-refractivity contribution in [2.24, 2.45) is 0 Å². The number of nitrogens with zero attached hydrogens (tertiary/aromatic N) is 1. The predicted molar refractivity (Wildman–Crippen MR) is 122 cm³/mol. The van der Waals surface area contributed by atoms with E-state index in [-0.39, 0.29) is 11.3 Å². The number of aryl methyl sites for hydroxylation is 1. The van der Waals surface area contributed by atoms with Crippen LogP contribution in [0.4, 0.5) is 5.69 Å². The van der Waals surface area contributed by atoms with Crippen LogP contribution in [-0.2, 0) is 16.0 Å². The number of aliphatic hydroxyl groups is 1. The highest BCUT2D eigenvalue weighted by molar-refractivity contribution is 7.10. The van der Waals surface area contributed by atoms with Crippen molar-refractivity contribution < 1.29 is 24.2 Å². The van der Waals surface area contributed by atoms with Crippen molar-refractivity contribution >= 4 is 34.5 Å². The molecule has 0 radical (unpaired) electrons. The zero-order valence-electron chi connectivity index (χ0n) is 17.4. The van der Waals surface area contributed by atoms with E-state index in [9.17, 15) is 14.7 Å². The number of benzene rings is 2. The largest absolute Gasteiger partial charge is 0.507 e. The Hall–Kier alpha value is -3.58. The summed E-state index contributed by atoms with van der Waals surface area (Å²) in [6.45, 7) is 0.669. The highest BCUT2D eigenvalue weighted by atomic mass is 32.1. The van der Waals surface area contributed by atoms with E-state index >= 15 is 0 Å². The van der Waals surface area contributed by atoms with Gasteiger partial charge in [-0.05, 0) is 60.2 Å². The molecule has 0 bridgehead atoms. The van der Waals surface area contributed by atoms with E-state index in [4.69, 9.17) is 9.47 Å². The van der Waals surface area contributed by atoms with Crippen LogP contribution in [0.25, 0.3) is 5.76 Å². The van der Waals surface area contributed by atoms with Crippen LogP contribution in [0.3, 0.4) is 0 Å². The van der Waals surface area contributed by atoms with Gasteiger partial charge in [0.15, 0.2) is 0 Å². The lowest BCUT2D eigenvalue weighted by Crippen LogP contribution is -2.29. The Balaban J connectivity index is 1.67. The van der Waals surface area contributed by atoms with Crippen molar-refractivity contribution in [1.29, 1.82) is 0 Å². The minimum atomic E-state index is -0.727. The zero-order chi connectivity index (χ0) is 22.2. The average molecular weight is 448 g/mol. The highest BCUT2D eigenvalue weighted by Gasteiger charge is 2.47. The van der Waals surface area contributed by atoms with Crippen LogP contribution in [0.2, 0.25) is 0 Å². The Bertz CT molecular complexity index is 1230. The highest BCUT2D eigenvalue weighted by Crippen LogP contribution is 2.44. The molecule has 2 aromatic carbocycles. The van der Waals surface area contributed by atoms with Crippen molar-refractivity contribution in [2.45, 2.75) is 18.9 Å². The molecule has 1 amide bonds. The van der Waals surface area contributed by atoms with E-state index in [0.29, 0.717) is 23.6 Å². The van der Waals surface area contributed by atoms with E-state index in [1.165, 1.54) is 16.2 Å². The number of amides is 1. The van der Waals surface area contributed by atoms with Gasteiger partial charge in [-0.25, -0.2) is 0 Å². The van der Waals surface area contributed by atoms with Gasteiger partial charge in [0.2, 0.25) is 0 Å². The van der Waals surface area contributed by atoms with Crippen LogP contribution in [0.1, 0.15) is 28.5 Å². The van der Waals surface area contributed by atoms with Crippen LogP contribution >= 0.6 is 11.3 Å². The molecule has 3 aromatic rings. The Morgan fingerprint density at radius 3 is 2.81 bits per heavy atom. The van der Waals surface area contributed by atoms with Crippen LogP contribution in [0, 0.1) is 0 Å². The molecule has 32 heavy (non-hydrogen) atoms. The number of Topliss-reactive ketones (excluding diaryl/α,β-unsaturated/α-hetero) is 1. The van der Waals surface area contributed by atoms with Crippen molar-refractivity contribution in [3.05, 3.63) is 81.6 Å². The van der Waals surface area contributed by atoms with Crippen molar-refractivity contribution in [3.63, 3.8) is 0 Å². The Morgan fingerprint density at radius 1 is 1.16 bits per heavy atom. The lowest BCUT2D eigenvalue weighted by molar-refractivity contribution is -0.132. The molecule has 7 heteroatoms. The molecule has 1 atom stereocenters. The summed E-state index contributed by atoms with van der Waals surface area (Å²) >= 11 is 1.43. The molecule has 1 N–H and O–H groups in total. The Kier molecular flexibility index (Phi) is 5.19. The Labute approximate surface area is 189 Å². The second kappa shape index (κ2) is 8.16. The summed E-state index contributed by atoms with van der Waals surface area (Å²) < 4.78 is 11.0. The smallest absolute Gasteiger partial charge is 0.300 e. The van der Waals surface area contributed by atoms with Gasteiger partial charge < -0.3 is 14.6 Å². The van der Waals surface area contributed by atoms with Crippen molar-refractivity contribution in [3.8, 4) is 11.5 Å². The number of rotatable bonds is 4. The molecule has 162 valence electrons. The third-order valence-corrected chi connectivity index (χ3v) is 6.70. The monoisotopic (exact) mass is 447 g/mol. The number of carbonyl (C=O) groups is 2. The number of aliphatic hydroxyl groups excluding tert-OH is 1. The minimum absolute atomic E-state index is 0.0805. The van der Waals surface area contributed by atoms with Gasteiger partial charge in [0, 0.05) is 22.2 Å². The van der Waals surface area contributed by atoms with Gasteiger partial charge in [0.25, 0.3) is 11.7 Å². The van der Waals surface area contributed by atoms with Crippen molar-refractivity contribution in [2.75, 3.05) is 18.6 Å². The van der Waals surface area contributed by atoms with Gasteiger partial charge in [0.05, 0.1) is 19.3 Å². The number of hydrogen-bond donors (Lipinski definition) is 1. The maximum Gasteiger partial charge on any atom is 0.300 e. The summed E-state index contributed by atoms with van der Waals surface area (Å²) in [4.78, 5) is 28.6. The van der Waals surface area contributed by atoms with E-state index < -0.39 is 17.7 Å².